The number of piperidine rings is 1. The van der Waals surface area contributed by atoms with Gasteiger partial charge in [0.15, 0.2) is 0 Å². The van der Waals surface area contributed by atoms with Gasteiger partial charge in [0.05, 0.1) is 17.2 Å². The Morgan fingerprint density at radius 3 is 2.40 bits per heavy atom. The number of likely N-dealkylation sites (tertiary alicyclic amines) is 1. The third kappa shape index (κ3) is 2.56. The number of hydrogen-bond acceptors (Lipinski definition) is 4. The maximum atomic E-state index is 13.0. The molecule has 0 unspecified atom stereocenters. The molecule has 3 heterocycles. The van der Waals surface area contributed by atoms with Crippen molar-refractivity contribution in [1.29, 1.82) is 5.26 Å². The first-order chi connectivity index (χ1) is 12.1. The first kappa shape index (κ1) is 16.6. The van der Waals surface area contributed by atoms with Crippen LogP contribution in [-0.2, 0) is 9.59 Å². The van der Waals surface area contributed by atoms with E-state index in [9.17, 15) is 14.9 Å². The van der Waals surface area contributed by atoms with Crippen molar-refractivity contribution in [2.75, 3.05) is 24.5 Å². The highest BCUT2D eigenvalue weighted by Crippen LogP contribution is 2.45. The van der Waals surface area contributed by atoms with Crippen molar-refractivity contribution in [3.63, 3.8) is 0 Å². The third-order valence-electron chi connectivity index (χ3n) is 6.42. The van der Waals surface area contributed by atoms with Crippen molar-refractivity contribution in [1.82, 2.24) is 4.90 Å². The van der Waals surface area contributed by atoms with Crippen LogP contribution in [0.2, 0.25) is 0 Å². The van der Waals surface area contributed by atoms with Crippen molar-refractivity contribution in [3.05, 3.63) is 16.8 Å². The van der Waals surface area contributed by atoms with Gasteiger partial charge < -0.3 is 9.80 Å². The van der Waals surface area contributed by atoms with E-state index in [0.29, 0.717) is 25.9 Å². The predicted molar refractivity (Wildman–Crippen MR) is 96.1 cm³/mol. The largest absolute Gasteiger partial charge is 0.341 e. The molecular weight excluding hydrogens is 334 g/mol. The van der Waals surface area contributed by atoms with Crippen LogP contribution in [0.15, 0.2) is 16.8 Å². The molecule has 1 aromatic heterocycles. The minimum absolute atomic E-state index is 0.00230. The van der Waals surface area contributed by atoms with Gasteiger partial charge in [-0.15, -0.1) is 0 Å². The summed E-state index contributed by atoms with van der Waals surface area (Å²) in [7, 11) is 0. The molecule has 6 heteroatoms. The Hall–Kier alpha value is -1.87. The number of nitriles is 1. The summed E-state index contributed by atoms with van der Waals surface area (Å²) < 4.78 is 0. The van der Waals surface area contributed by atoms with Gasteiger partial charge in [0, 0.05) is 25.0 Å². The zero-order chi connectivity index (χ0) is 17.5. The molecule has 0 radical (unpaired) electrons. The quantitative estimate of drug-likeness (QED) is 0.816. The highest BCUT2D eigenvalue weighted by Gasteiger charge is 2.51. The minimum Gasteiger partial charge on any atom is -0.341 e. The molecule has 1 aromatic rings. The minimum atomic E-state index is -0.799. The normalized spacial score (nSPS) is 24.7. The second-order valence-electron chi connectivity index (χ2n) is 7.66. The molecule has 0 bridgehead atoms. The van der Waals surface area contributed by atoms with Gasteiger partial charge in [-0.2, -0.15) is 16.6 Å². The maximum absolute atomic E-state index is 13.0. The van der Waals surface area contributed by atoms with E-state index in [1.165, 1.54) is 0 Å². The summed E-state index contributed by atoms with van der Waals surface area (Å²) in [6.07, 6.45) is 5.62. The number of rotatable bonds is 2. The second-order valence-corrected chi connectivity index (χ2v) is 8.44. The molecule has 5 nitrogen and oxygen atoms in total. The molecule has 2 amide bonds. The molecule has 25 heavy (non-hydrogen) atoms. The molecule has 3 fully saturated rings. The molecule has 1 spiro atoms. The van der Waals surface area contributed by atoms with Gasteiger partial charge in [-0.1, -0.05) is 12.8 Å². The fourth-order valence-corrected chi connectivity index (χ4v) is 5.38. The van der Waals surface area contributed by atoms with Crippen LogP contribution in [0, 0.1) is 22.2 Å². The fraction of sp³-hybridized carbons (Fsp3) is 0.632. The van der Waals surface area contributed by atoms with E-state index in [0.717, 1.165) is 44.3 Å². The third-order valence-corrected chi connectivity index (χ3v) is 7.09. The summed E-state index contributed by atoms with van der Waals surface area (Å²) in [6, 6.07) is 4.30. The van der Waals surface area contributed by atoms with Crippen LogP contribution in [0.3, 0.4) is 0 Å². The molecule has 0 atom stereocenters. The Morgan fingerprint density at radius 2 is 1.80 bits per heavy atom. The lowest BCUT2D eigenvalue weighted by Crippen LogP contribution is -2.50. The molecule has 2 aliphatic heterocycles. The standard InChI is InChI=1S/C19H23N3O2S/c20-14-19(4-1-2-5-19)16(23)21-9-6-18(7-10-21)8-11-22(17(18)24)15-3-12-25-13-15/h3,12-13H,1-2,4-11H2. The van der Waals surface area contributed by atoms with Crippen LogP contribution in [0.5, 0.6) is 0 Å². The zero-order valence-corrected chi connectivity index (χ0v) is 15.2. The Labute approximate surface area is 152 Å². The van der Waals surface area contributed by atoms with E-state index < -0.39 is 5.41 Å². The number of hydrogen-bond donors (Lipinski definition) is 0. The Bertz CT molecular complexity index is 708. The lowest BCUT2D eigenvalue weighted by atomic mass is 9.76. The first-order valence-corrected chi connectivity index (χ1v) is 10.1. The molecule has 3 aliphatic rings. The van der Waals surface area contributed by atoms with Gasteiger partial charge in [-0.3, -0.25) is 9.59 Å². The SMILES string of the molecule is N#CC1(C(=O)N2CCC3(CC2)CCN(c2ccsc2)C3=O)CCCC1. The number of anilines is 1. The van der Waals surface area contributed by atoms with Crippen molar-refractivity contribution in [3.8, 4) is 6.07 Å². The molecule has 0 N–H and O–H groups in total. The molecule has 1 saturated carbocycles. The van der Waals surface area contributed by atoms with Gasteiger partial charge in [-0.05, 0) is 43.6 Å². The molecule has 4 rings (SSSR count). The highest BCUT2D eigenvalue weighted by molar-refractivity contribution is 7.08. The summed E-state index contributed by atoms with van der Waals surface area (Å²) in [5.41, 5.74) is -0.110. The van der Waals surface area contributed by atoms with Crippen LogP contribution >= 0.6 is 11.3 Å². The molecule has 1 aliphatic carbocycles. The van der Waals surface area contributed by atoms with Crippen LogP contribution in [-0.4, -0.2) is 36.3 Å². The topological polar surface area (TPSA) is 64.4 Å². The summed E-state index contributed by atoms with van der Waals surface area (Å²) in [6.45, 7) is 1.97. The summed E-state index contributed by atoms with van der Waals surface area (Å²) in [4.78, 5) is 29.7. The predicted octanol–water partition coefficient (Wildman–Crippen LogP) is 3.18. The lowest BCUT2D eigenvalue weighted by Gasteiger charge is -2.40. The lowest BCUT2D eigenvalue weighted by molar-refractivity contribution is -0.143. The highest BCUT2D eigenvalue weighted by atomic mass is 32.1. The van der Waals surface area contributed by atoms with Crippen molar-refractivity contribution in [2.45, 2.75) is 44.9 Å². The monoisotopic (exact) mass is 357 g/mol. The molecular formula is C19H23N3O2S. The van der Waals surface area contributed by atoms with Gasteiger partial charge in [0.1, 0.15) is 5.41 Å². The Morgan fingerprint density at radius 1 is 1.12 bits per heavy atom. The number of thiophene rings is 1. The number of nitrogens with zero attached hydrogens (tertiary/aromatic N) is 3. The fourth-order valence-electron chi connectivity index (χ4n) is 4.73. The average molecular weight is 357 g/mol. The van der Waals surface area contributed by atoms with E-state index in [2.05, 4.69) is 6.07 Å². The number of carbonyl (C=O) groups is 2. The maximum Gasteiger partial charge on any atom is 0.243 e. The molecule has 132 valence electrons. The van der Waals surface area contributed by atoms with Gasteiger partial charge in [0.25, 0.3) is 0 Å². The molecule has 0 aromatic carbocycles. The Kier molecular flexibility index (Phi) is 4.07. The van der Waals surface area contributed by atoms with E-state index in [1.807, 2.05) is 26.6 Å². The number of carbonyl (C=O) groups excluding carboxylic acids is 2. The van der Waals surface area contributed by atoms with Crippen LogP contribution < -0.4 is 4.90 Å². The van der Waals surface area contributed by atoms with Gasteiger partial charge >= 0.3 is 0 Å². The number of amides is 2. The second kappa shape index (κ2) is 6.14. The van der Waals surface area contributed by atoms with E-state index in [-0.39, 0.29) is 17.2 Å². The van der Waals surface area contributed by atoms with Crippen molar-refractivity contribution < 1.29 is 9.59 Å². The molecule has 2 saturated heterocycles. The van der Waals surface area contributed by atoms with Gasteiger partial charge in [-0.25, -0.2) is 0 Å². The van der Waals surface area contributed by atoms with E-state index in [1.54, 1.807) is 11.3 Å². The van der Waals surface area contributed by atoms with Crippen LogP contribution in [0.4, 0.5) is 5.69 Å². The summed E-state index contributed by atoms with van der Waals surface area (Å²) in [5.74, 6) is 0.219. The van der Waals surface area contributed by atoms with Crippen LogP contribution in [0.1, 0.15) is 44.9 Å². The summed E-state index contributed by atoms with van der Waals surface area (Å²) in [5, 5.41) is 13.6. The van der Waals surface area contributed by atoms with Crippen molar-refractivity contribution >= 4 is 28.8 Å². The van der Waals surface area contributed by atoms with E-state index >= 15 is 0 Å². The Balaban J connectivity index is 1.44. The van der Waals surface area contributed by atoms with Crippen molar-refractivity contribution in [2.24, 2.45) is 10.8 Å². The first-order valence-electron chi connectivity index (χ1n) is 9.15. The zero-order valence-electron chi connectivity index (χ0n) is 14.4. The smallest absolute Gasteiger partial charge is 0.243 e. The average Bonchev–Trinajstić information content (AvgIpc) is 3.38. The van der Waals surface area contributed by atoms with E-state index in [4.69, 9.17) is 0 Å². The summed E-state index contributed by atoms with van der Waals surface area (Å²) >= 11 is 1.61. The van der Waals surface area contributed by atoms with Gasteiger partial charge in [0.2, 0.25) is 11.8 Å². The van der Waals surface area contributed by atoms with Crippen LogP contribution in [0.25, 0.3) is 0 Å².